The van der Waals surface area contributed by atoms with Crippen molar-refractivity contribution in [2.45, 2.75) is 59.2 Å². The van der Waals surface area contributed by atoms with Gasteiger partial charge in [-0.05, 0) is 53.2 Å². The Bertz CT molecular complexity index is 494. The van der Waals surface area contributed by atoms with Crippen molar-refractivity contribution in [2.75, 3.05) is 13.1 Å². The zero-order chi connectivity index (χ0) is 17.1. The van der Waals surface area contributed by atoms with Gasteiger partial charge in [-0.3, -0.25) is 14.5 Å². The van der Waals surface area contributed by atoms with Crippen LogP contribution in [0.25, 0.3) is 0 Å². The summed E-state index contributed by atoms with van der Waals surface area (Å²) in [6, 6.07) is 0. The van der Waals surface area contributed by atoms with Gasteiger partial charge in [-0.2, -0.15) is 0 Å². The van der Waals surface area contributed by atoms with Gasteiger partial charge in [-0.25, -0.2) is 4.79 Å². The molecule has 124 valence electrons. The van der Waals surface area contributed by atoms with E-state index in [4.69, 9.17) is 9.47 Å². The fraction of sp³-hybridized carbons (Fsp3) is 0.688. The van der Waals surface area contributed by atoms with Crippen molar-refractivity contribution in [3.8, 4) is 0 Å². The van der Waals surface area contributed by atoms with Crippen molar-refractivity contribution in [1.82, 2.24) is 4.90 Å². The number of nitrogens with zero attached hydrogens (tertiary/aromatic N) is 1. The largest absolute Gasteiger partial charge is 0.460 e. The van der Waals surface area contributed by atoms with Gasteiger partial charge in [-0.15, -0.1) is 0 Å². The van der Waals surface area contributed by atoms with Crippen LogP contribution in [0.15, 0.2) is 11.6 Å². The predicted molar refractivity (Wildman–Crippen MR) is 81.4 cm³/mol. The molecule has 0 N–H and O–H groups in total. The van der Waals surface area contributed by atoms with E-state index in [1.807, 2.05) is 0 Å². The molecule has 0 aromatic carbocycles. The van der Waals surface area contributed by atoms with Crippen LogP contribution in [0.5, 0.6) is 0 Å². The van der Waals surface area contributed by atoms with E-state index in [1.165, 1.54) is 11.0 Å². The molecule has 1 amide bonds. The summed E-state index contributed by atoms with van der Waals surface area (Å²) >= 11 is 0. The summed E-state index contributed by atoms with van der Waals surface area (Å²) < 4.78 is 10.5. The Morgan fingerprint density at radius 1 is 1.05 bits per heavy atom. The second kappa shape index (κ2) is 6.50. The molecule has 0 radical (unpaired) electrons. The molecule has 1 aliphatic heterocycles. The SMILES string of the molecule is CC(C)(C)OC(=O)CC1=CC(=O)CN(C(=O)OC(C)(C)C)C1. The highest BCUT2D eigenvalue weighted by Crippen LogP contribution is 2.17. The molecule has 0 fully saturated rings. The fourth-order valence-corrected chi connectivity index (χ4v) is 1.93. The third kappa shape index (κ3) is 6.74. The summed E-state index contributed by atoms with van der Waals surface area (Å²) in [4.78, 5) is 36.9. The number of hydrogen-bond acceptors (Lipinski definition) is 5. The van der Waals surface area contributed by atoms with Gasteiger partial charge in [0.25, 0.3) is 0 Å². The number of carbonyl (C=O) groups is 3. The highest BCUT2D eigenvalue weighted by molar-refractivity contribution is 5.96. The molecule has 0 aromatic heterocycles. The first-order valence-electron chi connectivity index (χ1n) is 7.28. The summed E-state index contributed by atoms with van der Waals surface area (Å²) in [6.45, 7) is 10.8. The van der Waals surface area contributed by atoms with Crippen molar-refractivity contribution >= 4 is 17.8 Å². The third-order valence-corrected chi connectivity index (χ3v) is 2.55. The van der Waals surface area contributed by atoms with Crippen LogP contribution in [0.3, 0.4) is 0 Å². The van der Waals surface area contributed by atoms with Crippen LogP contribution in [0.1, 0.15) is 48.0 Å². The van der Waals surface area contributed by atoms with Gasteiger partial charge in [0.15, 0.2) is 5.78 Å². The van der Waals surface area contributed by atoms with Crippen molar-refractivity contribution in [3.63, 3.8) is 0 Å². The number of carbonyl (C=O) groups excluding carboxylic acids is 3. The Hall–Kier alpha value is -1.85. The number of hydrogen-bond donors (Lipinski definition) is 0. The molecule has 1 rings (SSSR count). The van der Waals surface area contributed by atoms with Crippen LogP contribution < -0.4 is 0 Å². The lowest BCUT2D eigenvalue weighted by Crippen LogP contribution is -2.43. The van der Waals surface area contributed by atoms with Gasteiger partial charge >= 0.3 is 12.1 Å². The number of ketones is 1. The topological polar surface area (TPSA) is 72.9 Å². The summed E-state index contributed by atoms with van der Waals surface area (Å²) in [6.07, 6.45) is 0.836. The first kappa shape index (κ1) is 18.2. The Morgan fingerprint density at radius 3 is 2.09 bits per heavy atom. The van der Waals surface area contributed by atoms with Gasteiger partial charge in [-0.1, -0.05) is 0 Å². The standard InChI is InChI=1S/C16H25NO5/c1-15(2,3)21-13(19)8-11-7-12(18)10-17(9-11)14(20)22-16(4,5)6/h7H,8-10H2,1-6H3. The molecule has 0 bridgehead atoms. The van der Waals surface area contributed by atoms with E-state index in [0.29, 0.717) is 5.57 Å². The molecule has 1 aliphatic rings. The second-order valence-electron chi connectivity index (χ2n) is 7.37. The average molecular weight is 311 g/mol. The minimum absolute atomic E-state index is 0.0116. The maximum Gasteiger partial charge on any atom is 0.410 e. The molecular formula is C16H25NO5. The average Bonchev–Trinajstić information content (AvgIpc) is 2.22. The molecule has 0 aliphatic carbocycles. The molecule has 0 saturated heterocycles. The van der Waals surface area contributed by atoms with Crippen LogP contribution in [-0.4, -0.2) is 47.0 Å². The zero-order valence-corrected chi connectivity index (χ0v) is 14.2. The molecule has 6 nitrogen and oxygen atoms in total. The van der Waals surface area contributed by atoms with Crippen molar-refractivity contribution < 1.29 is 23.9 Å². The number of esters is 1. The Morgan fingerprint density at radius 2 is 1.59 bits per heavy atom. The zero-order valence-electron chi connectivity index (χ0n) is 14.2. The van der Waals surface area contributed by atoms with Crippen LogP contribution in [0, 0.1) is 0 Å². The van der Waals surface area contributed by atoms with Gasteiger partial charge in [0.05, 0.1) is 13.0 Å². The smallest absolute Gasteiger partial charge is 0.410 e. The summed E-state index contributed by atoms with van der Waals surface area (Å²) in [5.41, 5.74) is -0.662. The molecule has 1 heterocycles. The van der Waals surface area contributed by atoms with Crippen LogP contribution in [0.2, 0.25) is 0 Å². The fourth-order valence-electron chi connectivity index (χ4n) is 1.93. The summed E-state index contributed by atoms with van der Waals surface area (Å²) in [7, 11) is 0. The van der Waals surface area contributed by atoms with Gasteiger partial charge < -0.3 is 9.47 Å². The van der Waals surface area contributed by atoms with Gasteiger partial charge in [0.2, 0.25) is 0 Å². The predicted octanol–water partition coefficient (Wildman–Crippen LogP) is 2.46. The molecule has 6 heteroatoms. The lowest BCUT2D eigenvalue weighted by Gasteiger charge is -2.29. The molecule has 0 unspecified atom stereocenters. The molecular weight excluding hydrogens is 286 g/mol. The van der Waals surface area contributed by atoms with E-state index in [2.05, 4.69) is 0 Å². The van der Waals surface area contributed by atoms with E-state index in [9.17, 15) is 14.4 Å². The summed E-state index contributed by atoms with van der Waals surface area (Å²) in [5.74, 6) is -0.645. The molecule has 22 heavy (non-hydrogen) atoms. The van der Waals surface area contributed by atoms with Crippen LogP contribution >= 0.6 is 0 Å². The Kier molecular flexibility index (Phi) is 5.38. The van der Waals surface area contributed by atoms with E-state index in [-0.39, 0.29) is 25.3 Å². The van der Waals surface area contributed by atoms with Crippen molar-refractivity contribution in [2.24, 2.45) is 0 Å². The maximum absolute atomic E-state index is 12.0. The third-order valence-electron chi connectivity index (χ3n) is 2.55. The maximum atomic E-state index is 12.0. The minimum Gasteiger partial charge on any atom is -0.460 e. The monoisotopic (exact) mass is 311 g/mol. The Labute approximate surface area is 131 Å². The lowest BCUT2D eigenvalue weighted by atomic mass is 10.1. The van der Waals surface area contributed by atoms with E-state index >= 15 is 0 Å². The second-order valence-corrected chi connectivity index (χ2v) is 7.37. The minimum atomic E-state index is -0.632. The molecule has 0 atom stereocenters. The van der Waals surface area contributed by atoms with Crippen LogP contribution in [-0.2, 0) is 19.1 Å². The summed E-state index contributed by atoms with van der Waals surface area (Å²) in [5, 5.41) is 0. The normalized spacial score (nSPS) is 16.2. The molecule has 0 saturated carbocycles. The first-order chi connectivity index (χ1) is 9.85. The molecule has 0 aromatic rings. The van der Waals surface area contributed by atoms with Crippen molar-refractivity contribution in [1.29, 1.82) is 0 Å². The van der Waals surface area contributed by atoms with E-state index in [0.717, 1.165) is 0 Å². The quantitative estimate of drug-likeness (QED) is 0.732. The van der Waals surface area contributed by atoms with Crippen LogP contribution in [0.4, 0.5) is 4.79 Å². The van der Waals surface area contributed by atoms with Gasteiger partial charge in [0, 0.05) is 6.54 Å². The lowest BCUT2D eigenvalue weighted by molar-refractivity contribution is -0.154. The number of ether oxygens (including phenoxy) is 2. The highest BCUT2D eigenvalue weighted by atomic mass is 16.6. The molecule has 0 spiro atoms. The highest BCUT2D eigenvalue weighted by Gasteiger charge is 2.28. The van der Waals surface area contributed by atoms with Gasteiger partial charge in [0.1, 0.15) is 11.2 Å². The Balaban J connectivity index is 2.69. The van der Waals surface area contributed by atoms with E-state index in [1.54, 1.807) is 41.5 Å². The first-order valence-corrected chi connectivity index (χ1v) is 7.28. The van der Waals surface area contributed by atoms with Crippen molar-refractivity contribution in [3.05, 3.63) is 11.6 Å². The number of amides is 1. The van der Waals surface area contributed by atoms with E-state index < -0.39 is 23.3 Å². The number of rotatable bonds is 2.